The van der Waals surface area contributed by atoms with Gasteiger partial charge in [0.25, 0.3) is 0 Å². The van der Waals surface area contributed by atoms with E-state index < -0.39 is 0 Å². The van der Waals surface area contributed by atoms with Gasteiger partial charge in [0.1, 0.15) is 0 Å². The van der Waals surface area contributed by atoms with Crippen LogP contribution in [-0.4, -0.2) is 84.4 Å². The summed E-state index contributed by atoms with van der Waals surface area (Å²) in [4.78, 5) is 0. The van der Waals surface area contributed by atoms with E-state index in [0.717, 1.165) is 0 Å². The number of hydrogen-bond acceptors (Lipinski definition) is 7. The van der Waals surface area contributed by atoms with Crippen molar-refractivity contribution in [1.82, 2.24) is 0 Å². The lowest BCUT2D eigenvalue weighted by Crippen LogP contribution is -2.14. The van der Waals surface area contributed by atoms with Gasteiger partial charge in [0.15, 0.2) is 0 Å². The number of hydrogen-bond donors (Lipinski definition) is 1. The number of rotatable bonds is 19. The molecule has 7 heteroatoms. The zero-order chi connectivity index (χ0) is 25.4. The maximum absolute atomic E-state index is 8.59. The van der Waals surface area contributed by atoms with E-state index in [2.05, 4.69) is 56.3 Å². The van der Waals surface area contributed by atoms with Gasteiger partial charge in [-0.25, -0.2) is 0 Å². The van der Waals surface area contributed by atoms with Crippen LogP contribution in [0, 0.1) is 13.8 Å². The topological polar surface area (TPSA) is 75.6 Å². The smallest absolute Gasteiger partial charge is 0.0730 e. The van der Waals surface area contributed by atoms with Gasteiger partial charge < -0.3 is 33.5 Å². The molecule has 36 heavy (non-hydrogen) atoms. The quantitative estimate of drug-likeness (QED) is 0.195. The lowest BCUT2D eigenvalue weighted by Gasteiger charge is -2.15. The highest BCUT2D eigenvalue weighted by Crippen LogP contribution is 2.33. The van der Waals surface area contributed by atoms with Gasteiger partial charge in [0.2, 0.25) is 0 Å². The summed E-state index contributed by atoms with van der Waals surface area (Å²) in [7, 11) is 0. The van der Waals surface area contributed by atoms with Gasteiger partial charge in [-0.15, -0.1) is 0 Å². The van der Waals surface area contributed by atoms with Crippen molar-refractivity contribution in [2.75, 3.05) is 79.3 Å². The van der Waals surface area contributed by atoms with Crippen molar-refractivity contribution >= 4 is 21.5 Å². The van der Waals surface area contributed by atoms with Crippen molar-refractivity contribution < 1.29 is 33.5 Å². The number of fused-ring (bicyclic) bond motifs is 2. The summed E-state index contributed by atoms with van der Waals surface area (Å²) >= 11 is 0. The number of aliphatic hydroxyl groups excluding tert-OH is 1. The van der Waals surface area contributed by atoms with Crippen LogP contribution in [0.5, 0.6) is 0 Å². The molecule has 0 aliphatic carbocycles. The second-order valence-corrected chi connectivity index (χ2v) is 8.54. The Morgan fingerprint density at radius 1 is 0.556 bits per heavy atom. The van der Waals surface area contributed by atoms with Crippen LogP contribution in [-0.2, 0) is 35.0 Å². The molecule has 3 aromatic rings. The van der Waals surface area contributed by atoms with Gasteiger partial charge in [0.05, 0.1) is 85.9 Å². The average Bonchev–Trinajstić information content (AvgIpc) is 2.89. The fourth-order valence-corrected chi connectivity index (χ4v) is 4.10. The van der Waals surface area contributed by atoms with Gasteiger partial charge in [0, 0.05) is 0 Å². The van der Waals surface area contributed by atoms with Crippen molar-refractivity contribution in [2.24, 2.45) is 0 Å². The summed E-state index contributed by atoms with van der Waals surface area (Å²) in [5.74, 6) is 0. The monoisotopic (exact) mass is 500 g/mol. The van der Waals surface area contributed by atoms with Gasteiger partial charge in [-0.05, 0) is 58.1 Å². The minimum absolute atomic E-state index is 0.0327. The van der Waals surface area contributed by atoms with Gasteiger partial charge >= 0.3 is 0 Å². The Morgan fingerprint density at radius 2 is 1.06 bits per heavy atom. The maximum atomic E-state index is 8.59. The molecule has 0 bridgehead atoms. The molecule has 0 fully saturated rings. The van der Waals surface area contributed by atoms with E-state index in [1.807, 2.05) is 0 Å². The normalized spacial score (nSPS) is 11.6. The lowest BCUT2D eigenvalue weighted by molar-refractivity contribution is -0.0189. The van der Waals surface area contributed by atoms with Gasteiger partial charge in [-0.1, -0.05) is 36.4 Å². The summed E-state index contributed by atoms with van der Waals surface area (Å²) in [6.45, 7) is 10.4. The molecule has 3 aromatic carbocycles. The average molecular weight is 501 g/mol. The molecule has 0 radical (unpaired) electrons. The van der Waals surface area contributed by atoms with Crippen LogP contribution in [0.2, 0.25) is 0 Å². The molecule has 0 aliphatic rings. The molecule has 0 amide bonds. The summed E-state index contributed by atoms with van der Waals surface area (Å²) in [5, 5.41) is 13.7. The zero-order valence-electron chi connectivity index (χ0n) is 21.6. The first kappa shape index (κ1) is 28.5. The first-order valence-electron chi connectivity index (χ1n) is 12.7. The van der Waals surface area contributed by atoms with Crippen LogP contribution >= 0.6 is 0 Å². The lowest BCUT2D eigenvalue weighted by atomic mass is 9.92. The molecule has 0 atom stereocenters. The first-order chi connectivity index (χ1) is 17.7. The standard InChI is InChI=1S/C29H40O7/c1-23-7-8-24(2)29-27(23)21-25-5-3-4-6-26(25)28(29)22-36-20-19-35-18-17-34-16-15-33-14-13-32-12-11-31-10-9-30/h3-8,21,30H,9-20,22H2,1-2H3. The Morgan fingerprint density at radius 3 is 1.64 bits per heavy atom. The molecule has 0 unspecified atom stereocenters. The molecular formula is C29H40O7. The Balaban J connectivity index is 1.26. The van der Waals surface area contributed by atoms with Crippen LogP contribution in [0.1, 0.15) is 16.7 Å². The minimum Gasteiger partial charge on any atom is -0.394 e. The van der Waals surface area contributed by atoms with Crippen LogP contribution < -0.4 is 0 Å². The summed E-state index contributed by atoms with van der Waals surface area (Å²) in [6, 6.07) is 15.2. The Hall–Kier alpha value is -2.10. The molecule has 0 saturated heterocycles. The molecule has 0 heterocycles. The Bertz CT molecular complexity index is 1040. The Kier molecular flexibility index (Phi) is 13.1. The van der Waals surface area contributed by atoms with Crippen LogP contribution in [0.4, 0.5) is 0 Å². The fraction of sp³-hybridized carbons (Fsp3) is 0.517. The third-order valence-electron chi connectivity index (χ3n) is 5.90. The van der Waals surface area contributed by atoms with E-state index >= 15 is 0 Å². The predicted molar refractivity (Wildman–Crippen MR) is 142 cm³/mol. The molecule has 0 saturated carbocycles. The highest BCUT2D eigenvalue weighted by Gasteiger charge is 2.11. The predicted octanol–water partition coefficient (Wildman–Crippen LogP) is 4.20. The fourth-order valence-electron chi connectivity index (χ4n) is 4.10. The van der Waals surface area contributed by atoms with Gasteiger partial charge in [-0.2, -0.15) is 0 Å². The number of aryl methyl sites for hydroxylation is 2. The summed E-state index contributed by atoms with van der Waals surface area (Å²) in [6.07, 6.45) is 0. The number of aliphatic hydroxyl groups is 1. The third-order valence-corrected chi connectivity index (χ3v) is 5.90. The van der Waals surface area contributed by atoms with Crippen molar-refractivity contribution in [3.8, 4) is 0 Å². The van der Waals surface area contributed by atoms with E-state index in [1.165, 1.54) is 38.2 Å². The summed E-state index contributed by atoms with van der Waals surface area (Å²) in [5.41, 5.74) is 3.80. The SMILES string of the molecule is Cc1ccc(C)c2c(COCCOCCOCCOCCOCCOCCO)c3ccccc3cc12. The van der Waals surface area contributed by atoms with Crippen LogP contribution in [0.15, 0.2) is 42.5 Å². The van der Waals surface area contributed by atoms with Gasteiger partial charge in [-0.3, -0.25) is 0 Å². The molecular weight excluding hydrogens is 460 g/mol. The maximum Gasteiger partial charge on any atom is 0.0730 e. The third kappa shape index (κ3) is 9.09. The number of ether oxygens (including phenoxy) is 6. The molecule has 3 rings (SSSR count). The van der Waals surface area contributed by atoms with Crippen molar-refractivity contribution in [3.05, 3.63) is 59.2 Å². The minimum atomic E-state index is 0.0327. The van der Waals surface area contributed by atoms with E-state index in [1.54, 1.807) is 0 Å². The molecule has 1 N–H and O–H groups in total. The van der Waals surface area contributed by atoms with Crippen molar-refractivity contribution in [2.45, 2.75) is 20.5 Å². The molecule has 0 spiro atoms. The van der Waals surface area contributed by atoms with Crippen LogP contribution in [0.3, 0.4) is 0 Å². The molecule has 0 aromatic heterocycles. The molecule has 0 aliphatic heterocycles. The van der Waals surface area contributed by atoms with E-state index in [0.29, 0.717) is 79.3 Å². The highest BCUT2D eigenvalue weighted by molar-refractivity contribution is 6.04. The molecule has 7 nitrogen and oxygen atoms in total. The zero-order valence-corrected chi connectivity index (χ0v) is 21.6. The van der Waals surface area contributed by atoms with E-state index in [-0.39, 0.29) is 6.61 Å². The van der Waals surface area contributed by atoms with Crippen molar-refractivity contribution in [1.29, 1.82) is 0 Å². The first-order valence-corrected chi connectivity index (χ1v) is 12.7. The van der Waals surface area contributed by atoms with Crippen LogP contribution in [0.25, 0.3) is 21.5 Å². The van der Waals surface area contributed by atoms with E-state index in [9.17, 15) is 0 Å². The second-order valence-electron chi connectivity index (χ2n) is 8.54. The Labute approximate surface area is 214 Å². The van der Waals surface area contributed by atoms with E-state index in [4.69, 9.17) is 33.5 Å². The summed E-state index contributed by atoms with van der Waals surface area (Å²) < 4.78 is 33.1. The number of benzene rings is 3. The molecule has 198 valence electrons. The van der Waals surface area contributed by atoms with Crippen molar-refractivity contribution in [3.63, 3.8) is 0 Å². The largest absolute Gasteiger partial charge is 0.394 e. The highest BCUT2D eigenvalue weighted by atomic mass is 16.6. The second kappa shape index (κ2) is 16.6.